The zero-order valence-electron chi connectivity index (χ0n) is 13.9. The summed E-state index contributed by atoms with van der Waals surface area (Å²) in [6.45, 7) is 5.36. The van der Waals surface area contributed by atoms with Crippen molar-refractivity contribution in [1.82, 2.24) is 4.90 Å². The molecule has 0 radical (unpaired) electrons. The molecule has 0 aliphatic rings. The number of benzene rings is 1. The molecule has 1 unspecified atom stereocenters. The molecule has 0 saturated carbocycles. The first kappa shape index (κ1) is 21.4. The number of hydrogen-bond donors (Lipinski definition) is 2. The first-order valence-electron chi connectivity index (χ1n) is 7.48. The number of carbonyl (C=O) groups is 2. The summed E-state index contributed by atoms with van der Waals surface area (Å²) in [5.74, 6) is -0.319. The van der Waals surface area contributed by atoms with Gasteiger partial charge in [-0.2, -0.15) is 0 Å². The number of ether oxygens (including phenoxy) is 1. The maximum absolute atomic E-state index is 12.5. The van der Waals surface area contributed by atoms with E-state index in [1.807, 2.05) is 13.8 Å². The van der Waals surface area contributed by atoms with E-state index >= 15 is 0 Å². The Balaban J connectivity index is 0.00000484. The van der Waals surface area contributed by atoms with Crippen molar-refractivity contribution in [3.63, 3.8) is 0 Å². The molecule has 7 heteroatoms. The van der Waals surface area contributed by atoms with Gasteiger partial charge in [0.05, 0.1) is 23.8 Å². The third kappa shape index (κ3) is 6.17. The number of nitrogens with two attached hydrogens (primary N) is 1. The van der Waals surface area contributed by atoms with Crippen LogP contribution in [0, 0.1) is 0 Å². The molecule has 2 amide bonds. The molecule has 0 aliphatic carbocycles. The molecule has 0 heterocycles. The average Bonchev–Trinajstić information content (AvgIpc) is 2.54. The second-order valence-corrected chi connectivity index (χ2v) is 4.87. The number of methoxy groups -OCH3 is 1. The van der Waals surface area contributed by atoms with Crippen molar-refractivity contribution in [1.29, 1.82) is 0 Å². The van der Waals surface area contributed by atoms with Crippen molar-refractivity contribution < 1.29 is 14.3 Å². The molecule has 1 aromatic rings. The van der Waals surface area contributed by atoms with Gasteiger partial charge in [-0.25, -0.2) is 0 Å². The molecule has 0 aliphatic heterocycles. The summed E-state index contributed by atoms with van der Waals surface area (Å²) in [6, 6.07) is 7.00. The Morgan fingerprint density at radius 2 is 1.87 bits per heavy atom. The normalized spacial score (nSPS) is 11.3. The predicted molar refractivity (Wildman–Crippen MR) is 94.0 cm³/mol. The van der Waals surface area contributed by atoms with Gasteiger partial charge in [-0.1, -0.05) is 12.1 Å². The maximum Gasteiger partial charge on any atom is 0.255 e. The van der Waals surface area contributed by atoms with Crippen LogP contribution < -0.4 is 11.1 Å². The summed E-state index contributed by atoms with van der Waals surface area (Å²) in [5.41, 5.74) is 6.51. The maximum atomic E-state index is 12.5. The molecule has 0 aromatic heterocycles. The van der Waals surface area contributed by atoms with E-state index in [0.29, 0.717) is 24.3 Å². The fourth-order valence-corrected chi connectivity index (χ4v) is 2.13. The lowest BCUT2D eigenvalue weighted by molar-refractivity contribution is -0.118. The highest BCUT2D eigenvalue weighted by atomic mass is 35.5. The van der Waals surface area contributed by atoms with Crippen LogP contribution >= 0.6 is 12.4 Å². The lowest BCUT2D eigenvalue weighted by Gasteiger charge is -2.21. The van der Waals surface area contributed by atoms with Crippen molar-refractivity contribution in [2.24, 2.45) is 5.73 Å². The minimum Gasteiger partial charge on any atom is -0.380 e. The standard InChI is InChI=1S/C16H25N3O3.ClH/c1-4-19(5-2)16(21)13-8-6-7-9-14(13)18-15(20)10-12(11-17)22-3;/h6-9,12H,4-5,10-11,17H2,1-3H3,(H,18,20);1H. The fraction of sp³-hybridized carbons (Fsp3) is 0.500. The van der Waals surface area contributed by atoms with Gasteiger partial charge in [0.2, 0.25) is 5.91 Å². The number of amides is 2. The minimum absolute atomic E-state index is 0. The van der Waals surface area contributed by atoms with E-state index in [2.05, 4.69) is 5.32 Å². The Kier molecular flexibility index (Phi) is 10.2. The summed E-state index contributed by atoms with van der Waals surface area (Å²) < 4.78 is 5.10. The number of halogens is 1. The monoisotopic (exact) mass is 343 g/mol. The third-order valence-corrected chi connectivity index (χ3v) is 3.49. The van der Waals surface area contributed by atoms with Gasteiger partial charge in [-0.15, -0.1) is 12.4 Å². The highest BCUT2D eigenvalue weighted by molar-refractivity contribution is 6.03. The largest absolute Gasteiger partial charge is 0.380 e. The molecule has 0 bridgehead atoms. The van der Waals surface area contributed by atoms with Crippen LogP contribution in [0.25, 0.3) is 0 Å². The highest BCUT2D eigenvalue weighted by Gasteiger charge is 2.18. The summed E-state index contributed by atoms with van der Waals surface area (Å²) in [4.78, 5) is 26.2. The van der Waals surface area contributed by atoms with E-state index in [4.69, 9.17) is 10.5 Å². The van der Waals surface area contributed by atoms with Crippen molar-refractivity contribution in [3.8, 4) is 0 Å². The molecule has 1 rings (SSSR count). The van der Waals surface area contributed by atoms with Crippen LogP contribution in [-0.4, -0.2) is 49.6 Å². The Hall–Kier alpha value is -1.63. The third-order valence-electron chi connectivity index (χ3n) is 3.49. The predicted octanol–water partition coefficient (Wildman–Crippen LogP) is 1.89. The van der Waals surface area contributed by atoms with Crippen LogP contribution in [0.4, 0.5) is 5.69 Å². The fourth-order valence-electron chi connectivity index (χ4n) is 2.13. The molecule has 0 spiro atoms. The molecule has 3 N–H and O–H groups in total. The quantitative estimate of drug-likeness (QED) is 0.755. The number of hydrogen-bond acceptors (Lipinski definition) is 4. The minimum atomic E-state index is -0.328. The number of carbonyl (C=O) groups excluding carboxylic acids is 2. The van der Waals surface area contributed by atoms with Gasteiger partial charge in [0.15, 0.2) is 0 Å². The second kappa shape index (κ2) is 11.0. The molecule has 23 heavy (non-hydrogen) atoms. The summed E-state index contributed by atoms with van der Waals surface area (Å²) in [7, 11) is 1.52. The first-order valence-corrected chi connectivity index (χ1v) is 7.48. The van der Waals surface area contributed by atoms with E-state index in [1.54, 1.807) is 29.2 Å². The summed E-state index contributed by atoms with van der Waals surface area (Å²) >= 11 is 0. The zero-order valence-corrected chi connectivity index (χ0v) is 14.7. The summed E-state index contributed by atoms with van der Waals surface area (Å²) in [5, 5.41) is 2.77. The molecule has 1 atom stereocenters. The van der Waals surface area contributed by atoms with E-state index in [9.17, 15) is 9.59 Å². The van der Waals surface area contributed by atoms with Gasteiger partial charge in [0.1, 0.15) is 0 Å². The van der Waals surface area contributed by atoms with Gasteiger partial charge in [0, 0.05) is 26.7 Å². The van der Waals surface area contributed by atoms with Crippen molar-refractivity contribution >= 4 is 29.9 Å². The van der Waals surface area contributed by atoms with Crippen LogP contribution in [0.1, 0.15) is 30.6 Å². The van der Waals surface area contributed by atoms with Crippen LogP contribution in [0.2, 0.25) is 0 Å². The number of rotatable bonds is 8. The van der Waals surface area contributed by atoms with Crippen molar-refractivity contribution in [3.05, 3.63) is 29.8 Å². The number of anilines is 1. The van der Waals surface area contributed by atoms with Crippen molar-refractivity contribution in [2.75, 3.05) is 32.1 Å². The molecule has 1 aromatic carbocycles. The number of nitrogens with one attached hydrogen (secondary N) is 1. The SMILES string of the molecule is CCN(CC)C(=O)c1ccccc1NC(=O)CC(CN)OC.Cl. The van der Waals surface area contributed by atoms with E-state index in [1.165, 1.54) is 7.11 Å². The smallest absolute Gasteiger partial charge is 0.255 e. The molecular weight excluding hydrogens is 318 g/mol. The first-order chi connectivity index (χ1) is 10.6. The lowest BCUT2D eigenvalue weighted by Crippen LogP contribution is -2.32. The Bertz CT molecular complexity index is 503. The molecule has 0 saturated heterocycles. The Morgan fingerprint density at radius 1 is 1.26 bits per heavy atom. The molecule has 0 fully saturated rings. The topological polar surface area (TPSA) is 84.7 Å². The lowest BCUT2D eigenvalue weighted by atomic mass is 10.1. The zero-order chi connectivity index (χ0) is 16.5. The molecule has 6 nitrogen and oxygen atoms in total. The highest BCUT2D eigenvalue weighted by Crippen LogP contribution is 2.18. The average molecular weight is 344 g/mol. The van der Waals surface area contributed by atoms with Crippen LogP contribution in [0.3, 0.4) is 0 Å². The van der Waals surface area contributed by atoms with Gasteiger partial charge in [0.25, 0.3) is 5.91 Å². The van der Waals surface area contributed by atoms with Crippen LogP contribution in [-0.2, 0) is 9.53 Å². The van der Waals surface area contributed by atoms with Gasteiger partial charge in [-0.3, -0.25) is 9.59 Å². The van der Waals surface area contributed by atoms with E-state index in [0.717, 1.165) is 0 Å². The van der Waals surface area contributed by atoms with Crippen LogP contribution in [0.15, 0.2) is 24.3 Å². The van der Waals surface area contributed by atoms with Gasteiger partial charge >= 0.3 is 0 Å². The van der Waals surface area contributed by atoms with Gasteiger partial charge in [-0.05, 0) is 26.0 Å². The second-order valence-electron chi connectivity index (χ2n) is 4.87. The number of para-hydroxylation sites is 1. The molecular formula is C16H26ClN3O3. The van der Waals surface area contributed by atoms with Crippen LogP contribution in [0.5, 0.6) is 0 Å². The Morgan fingerprint density at radius 3 is 2.39 bits per heavy atom. The van der Waals surface area contributed by atoms with Crippen molar-refractivity contribution in [2.45, 2.75) is 26.4 Å². The van der Waals surface area contributed by atoms with E-state index in [-0.39, 0.29) is 43.3 Å². The Labute approximate surface area is 143 Å². The van der Waals surface area contributed by atoms with E-state index < -0.39 is 0 Å². The number of nitrogens with zero attached hydrogens (tertiary/aromatic N) is 1. The molecule has 130 valence electrons. The summed E-state index contributed by atoms with van der Waals surface area (Å²) in [6.07, 6.45) is -0.175. The van der Waals surface area contributed by atoms with Gasteiger partial charge < -0.3 is 20.7 Å².